The van der Waals surface area contributed by atoms with Gasteiger partial charge in [-0.05, 0) is 12.8 Å². The molecule has 0 heterocycles. The third-order valence-electron chi connectivity index (χ3n) is 7.13. The minimum Gasteiger partial charge on any atom is -0.462 e. The van der Waals surface area contributed by atoms with Gasteiger partial charge in [-0.1, -0.05) is 142 Å². The molecule has 0 saturated heterocycles. The molecule has 8 nitrogen and oxygen atoms in total. The molecule has 0 rings (SSSR count). The van der Waals surface area contributed by atoms with E-state index >= 15 is 0 Å². The SMILES string of the molecule is CCCCCCCCCCCCCCCC(=O)OC(COC(=O)CCCCCCCCCCC)COP(=O)(O)O. The van der Waals surface area contributed by atoms with Crippen molar-refractivity contribution in [2.24, 2.45) is 0 Å². The Kier molecular flexibility index (Phi) is 27.5. The van der Waals surface area contributed by atoms with Crippen LogP contribution in [-0.2, 0) is 28.2 Å². The number of phosphoric ester groups is 1. The number of hydrogen-bond acceptors (Lipinski definition) is 6. The van der Waals surface area contributed by atoms with E-state index in [-0.39, 0.29) is 19.4 Å². The van der Waals surface area contributed by atoms with Gasteiger partial charge in [-0.2, -0.15) is 0 Å². The monoisotopic (exact) mass is 592 g/mol. The zero-order chi connectivity index (χ0) is 29.7. The second-order valence-corrected chi connectivity index (χ2v) is 12.4. The van der Waals surface area contributed by atoms with Crippen LogP contribution in [-0.4, -0.2) is 41.0 Å². The molecule has 0 spiro atoms. The summed E-state index contributed by atoms with van der Waals surface area (Å²) in [5.41, 5.74) is 0. The average molecular weight is 593 g/mol. The van der Waals surface area contributed by atoms with Gasteiger partial charge in [-0.3, -0.25) is 14.1 Å². The summed E-state index contributed by atoms with van der Waals surface area (Å²) in [4.78, 5) is 42.4. The fourth-order valence-corrected chi connectivity index (χ4v) is 5.03. The highest BCUT2D eigenvalue weighted by molar-refractivity contribution is 7.46. The van der Waals surface area contributed by atoms with Gasteiger partial charge in [0.15, 0.2) is 6.10 Å². The van der Waals surface area contributed by atoms with Crippen molar-refractivity contribution in [3.8, 4) is 0 Å². The van der Waals surface area contributed by atoms with Gasteiger partial charge < -0.3 is 19.3 Å². The van der Waals surface area contributed by atoms with Crippen LogP contribution in [0.3, 0.4) is 0 Å². The van der Waals surface area contributed by atoms with Crippen molar-refractivity contribution >= 4 is 19.8 Å². The molecule has 0 aromatic carbocycles. The first kappa shape index (κ1) is 39.0. The zero-order valence-corrected chi connectivity index (χ0v) is 26.6. The predicted octanol–water partition coefficient (Wildman–Crippen LogP) is 8.95. The molecule has 0 amide bonds. The summed E-state index contributed by atoms with van der Waals surface area (Å²) in [5.74, 6) is -0.881. The van der Waals surface area contributed by atoms with Crippen LogP contribution in [0.15, 0.2) is 0 Å². The largest absolute Gasteiger partial charge is 0.469 e. The van der Waals surface area contributed by atoms with Crippen molar-refractivity contribution in [3.05, 3.63) is 0 Å². The highest BCUT2D eigenvalue weighted by atomic mass is 31.2. The van der Waals surface area contributed by atoms with Crippen molar-refractivity contribution in [2.45, 2.75) is 174 Å². The first-order valence-corrected chi connectivity index (χ1v) is 17.9. The van der Waals surface area contributed by atoms with E-state index in [4.69, 9.17) is 19.3 Å². The molecule has 0 radical (unpaired) electrons. The third-order valence-corrected chi connectivity index (χ3v) is 7.61. The molecule has 1 atom stereocenters. The van der Waals surface area contributed by atoms with Crippen LogP contribution in [0.5, 0.6) is 0 Å². The second-order valence-electron chi connectivity index (χ2n) is 11.2. The Morgan fingerprint density at radius 1 is 0.550 bits per heavy atom. The fourth-order valence-electron chi connectivity index (χ4n) is 4.67. The fraction of sp³-hybridized carbons (Fsp3) is 0.935. The maximum Gasteiger partial charge on any atom is 0.469 e. The molecular formula is C31H61O8P. The molecule has 40 heavy (non-hydrogen) atoms. The molecule has 0 saturated carbocycles. The van der Waals surface area contributed by atoms with Gasteiger partial charge in [0.2, 0.25) is 0 Å². The Bertz CT molecular complexity index is 637. The van der Waals surface area contributed by atoms with E-state index in [9.17, 15) is 14.2 Å². The summed E-state index contributed by atoms with van der Waals surface area (Å²) < 4.78 is 26.1. The van der Waals surface area contributed by atoms with Crippen LogP contribution in [0.2, 0.25) is 0 Å². The molecular weight excluding hydrogens is 531 g/mol. The van der Waals surface area contributed by atoms with Crippen LogP contribution in [0.25, 0.3) is 0 Å². The van der Waals surface area contributed by atoms with Crippen molar-refractivity contribution < 1.29 is 37.9 Å². The molecule has 0 aromatic rings. The first-order valence-electron chi connectivity index (χ1n) is 16.3. The average Bonchev–Trinajstić information content (AvgIpc) is 2.91. The van der Waals surface area contributed by atoms with E-state index in [1.165, 1.54) is 103 Å². The number of rotatable bonds is 30. The summed E-state index contributed by atoms with van der Waals surface area (Å²) in [6, 6.07) is 0. The maximum atomic E-state index is 12.3. The molecule has 0 aromatic heterocycles. The standard InChI is InChI=1S/C31H61O8P/c1-3-5-7-9-11-13-14-15-16-18-20-22-24-26-31(33)39-29(28-38-40(34,35)36)27-37-30(32)25-23-21-19-17-12-10-8-6-4-2/h29H,3-28H2,1-2H3,(H2,34,35,36). The molecule has 9 heteroatoms. The van der Waals surface area contributed by atoms with Gasteiger partial charge in [0.1, 0.15) is 6.61 Å². The number of carbonyl (C=O) groups is 2. The first-order chi connectivity index (χ1) is 19.3. The highest BCUT2D eigenvalue weighted by Gasteiger charge is 2.22. The van der Waals surface area contributed by atoms with Crippen molar-refractivity contribution in [1.82, 2.24) is 0 Å². The van der Waals surface area contributed by atoms with E-state index in [0.717, 1.165) is 32.1 Å². The van der Waals surface area contributed by atoms with E-state index in [1.54, 1.807) is 0 Å². The lowest BCUT2D eigenvalue weighted by atomic mass is 10.0. The Morgan fingerprint density at radius 2 is 0.900 bits per heavy atom. The lowest BCUT2D eigenvalue weighted by molar-refractivity contribution is -0.161. The van der Waals surface area contributed by atoms with Crippen molar-refractivity contribution in [1.29, 1.82) is 0 Å². The maximum absolute atomic E-state index is 12.3. The van der Waals surface area contributed by atoms with Gasteiger partial charge in [0.25, 0.3) is 0 Å². The smallest absolute Gasteiger partial charge is 0.462 e. The molecule has 238 valence electrons. The number of unbranched alkanes of at least 4 members (excludes halogenated alkanes) is 20. The number of hydrogen-bond donors (Lipinski definition) is 2. The van der Waals surface area contributed by atoms with Gasteiger partial charge in [-0.15, -0.1) is 0 Å². The van der Waals surface area contributed by atoms with Crippen molar-refractivity contribution in [3.63, 3.8) is 0 Å². The topological polar surface area (TPSA) is 119 Å². The predicted molar refractivity (Wildman–Crippen MR) is 161 cm³/mol. The number of phosphoric acid groups is 1. The van der Waals surface area contributed by atoms with E-state index in [2.05, 4.69) is 18.4 Å². The Balaban J connectivity index is 3.99. The van der Waals surface area contributed by atoms with Gasteiger partial charge in [-0.25, -0.2) is 4.57 Å². The number of carbonyl (C=O) groups excluding carboxylic acids is 2. The summed E-state index contributed by atoms with van der Waals surface area (Å²) in [6.45, 7) is 3.64. The summed E-state index contributed by atoms with van der Waals surface area (Å²) >= 11 is 0. The highest BCUT2D eigenvalue weighted by Crippen LogP contribution is 2.35. The lowest BCUT2D eigenvalue weighted by Crippen LogP contribution is -2.29. The molecule has 0 bridgehead atoms. The summed E-state index contributed by atoms with van der Waals surface area (Å²) in [5, 5.41) is 0. The molecule has 1 unspecified atom stereocenters. The quantitative estimate of drug-likeness (QED) is 0.0482. The van der Waals surface area contributed by atoms with E-state index < -0.39 is 32.5 Å². The van der Waals surface area contributed by atoms with Crippen LogP contribution in [0.1, 0.15) is 168 Å². The molecule has 0 aliphatic heterocycles. The van der Waals surface area contributed by atoms with Crippen LogP contribution in [0, 0.1) is 0 Å². The number of esters is 2. The summed E-state index contributed by atoms with van der Waals surface area (Å²) in [7, 11) is -4.73. The van der Waals surface area contributed by atoms with Crippen LogP contribution < -0.4 is 0 Å². The Morgan fingerprint density at radius 3 is 1.27 bits per heavy atom. The van der Waals surface area contributed by atoms with Crippen LogP contribution in [0.4, 0.5) is 0 Å². The third kappa shape index (κ3) is 30.0. The number of ether oxygens (including phenoxy) is 2. The normalized spacial score (nSPS) is 12.4. The van der Waals surface area contributed by atoms with Gasteiger partial charge in [0.05, 0.1) is 6.61 Å². The minimum absolute atomic E-state index is 0.219. The molecule has 0 aliphatic rings. The van der Waals surface area contributed by atoms with Crippen molar-refractivity contribution in [2.75, 3.05) is 13.2 Å². The van der Waals surface area contributed by atoms with E-state index in [1.807, 2.05) is 0 Å². The molecule has 2 N–H and O–H groups in total. The zero-order valence-electron chi connectivity index (χ0n) is 25.8. The Labute approximate surface area is 244 Å². The molecule has 0 fully saturated rings. The second kappa shape index (κ2) is 28.2. The minimum atomic E-state index is -4.73. The Hall–Kier alpha value is -0.950. The van der Waals surface area contributed by atoms with E-state index in [0.29, 0.717) is 6.42 Å². The lowest BCUT2D eigenvalue weighted by Gasteiger charge is -2.18. The molecule has 0 aliphatic carbocycles. The van der Waals surface area contributed by atoms with Crippen LogP contribution >= 0.6 is 7.82 Å². The van der Waals surface area contributed by atoms with Gasteiger partial charge >= 0.3 is 19.8 Å². The van der Waals surface area contributed by atoms with Gasteiger partial charge in [0, 0.05) is 12.8 Å². The summed E-state index contributed by atoms with van der Waals surface area (Å²) in [6.07, 6.45) is 25.4.